The Morgan fingerprint density at radius 2 is 1.86 bits per heavy atom. The molecule has 2 rings (SSSR count). The second kappa shape index (κ2) is 8.79. The standard InChI is InChI=1S/C18H28N2O2/c1-3-14(4-2)12-19-16-10-17(11-16)20-18(21)22-13-15-8-6-5-7-9-15/h5-9,14,16-17,19H,3-4,10-13H2,1-2H3,(H,20,21). The van der Waals surface area contributed by atoms with Crippen LogP contribution in [-0.4, -0.2) is 24.7 Å². The van der Waals surface area contributed by atoms with Crippen LogP contribution in [0.15, 0.2) is 30.3 Å². The van der Waals surface area contributed by atoms with Crippen molar-refractivity contribution < 1.29 is 9.53 Å². The van der Waals surface area contributed by atoms with E-state index < -0.39 is 0 Å². The monoisotopic (exact) mass is 304 g/mol. The predicted octanol–water partition coefficient (Wildman–Crippen LogP) is 3.47. The molecule has 1 aliphatic rings. The molecular formula is C18H28N2O2. The second-order valence-corrected chi connectivity index (χ2v) is 6.16. The lowest BCUT2D eigenvalue weighted by Crippen LogP contribution is -2.53. The summed E-state index contributed by atoms with van der Waals surface area (Å²) in [5.41, 5.74) is 1.01. The fourth-order valence-electron chi connectivity index (χ4n) is 2.74. The largest absolute Gasteiger partial charge is 0.445 e. The number of ether oxygens (including phenoxy) is 1. The molecule has 0 saturated heterocycles. The Bertz CT molecular complexity index is 440. The van der Waals surface area contributed by atoms with Crippen molar-refractivity contribution in [2.45, 2.75) is 58.2 Å². The minimum atomic E-state index is -0.313. The normalized spacial score (nSPS) is 20.5. The van der Waals surface area contributed by atoms with Crippen molar-refractivity contribution in [3.05, 3.63) is 35.9 Å². The molecule has 1 aromatic carbocycles. The average Bonchev–Trinajstić information content (AvgIpc) is 2.52. The van der Waals surface area contributed by atoms with Crippen LogP contribution in [0.2, 0.25) is 0 Å². The van der Waals surface area contributed by atoms with Crippen molar-refractivity contribution >= 4 is 6.09 Å². The smallest absolute Gasteiger partial charge is 0.407 e. The van der Waals surface area contributed by atoms with E-state index >= 15 is 0 Å². The van der Waals surface area contributed by atoms with Gasteiger partial charge in [-0.1, -0.05) is 57.0 Å². The maximum atomic E-state index is 11.7. The molecule has 1 saturated carbocycles. The van der Waals surface area contributed by atoms with Crippen LogP contribution in [0, 0.1) is 5.92 Å². The molecule has 0 bridgehead atoms. The Morgan fingerprint density at radius 3 is 2.50 bits per heavy atom. The van der Waals surface area contributed by atoms with Gasteiger partial charge in [0.2, 0.25) is 0 Å². The number of rotatable bonds is 8. The van der Waals surface area contributed by atoms with Crippen molar-refractivity contribution in [1.29, 1.82) is 0 Å². The number of alkyl carbamates (subject to hydrolysis) is 1. The van der Waals surface area contributed by atoms with E-state index in [9.17, 15) is 4.79 Å². The molecule has 1 aromatic rings. The molecular weight excluding hydrogens is 276 g/mol. The first kappa shape index (κ1) is 16.8. The first-order chi connectivity index (χ1) is 10.7. The summed E-state index contributed by atoms with van der Waals surface area (Å²) < 4.78 is 5.23. The highest BCUT2D eigenvalue weighted by atomic mass is 16.5. The molecule has 0 spiro atoms. The molecule has 122 valence electrons. The average molecular weight is 304 g/mol. The van der Waals surface area contributed by atoms with Gasteiger partial charge in [0.1, 0.15) is 6.61 Å². The van der Waals surface area contributed by atoms with E-state index in [1.54, 1.807) is 0 Å². The molecule has 22 heavy (non-hydrogen) atoms. The lowest BCUT2D eigenvalue weighted by Gasteiger charge is -2.36. The highest BCUT2D eigenvalue weighted by molar-refractivity contribution is 5.67. The summed E-state index contributed by atoms with van der Waals surface area (Å²) in [7, 11) is 0. The molecule has 4 nitrogen and oxygen atoms in total. The Balaban J connectivity index is 1.56. The van der Waals surface area contributed by atoms with Crippen LogP contribution >= 0.6 is 0 Å². The maximum Gasteiger partial charge on any atom is 0.407 e. The highest BCUT2D eigenvalue weighted by Gasteiger charge is 2.30. The summed E-state index contributed by atoms with van der Waals surface area (Å²) in [5.74, 6) is 0.767. The molecule has 0 unspecified atom stereocenters. The van der Waals surface area contributed by atoms with Crippen molar-refractivity contribution in [1.82, 2.24) is 10.6 Å². The van der Waals surface area contributed by atoms with Gasteiger partial charge < -0.3 is 15.4 Å². The van der Waals surface area contributed by atoms with Crippen LogP contribution in [0.4, 0.5) is 4.79 Å². The first-order valence-electron chi connectivity index (χ1n) is 8.41. The van der Waals surface area contributed by atoms with E-state index in [1.165, 1.54) is 12.8 Å². The van der Waals surface area contributed by atoms with E-state index in [0.29, 0.717) is 12.6 Å². The third kappa shape index (κ3) is 5.34. The van der Waals surface area contributed by atoms with E-state index in [1.807, 2.05) is 30.3 Å². The zero-order valence-corrected chi connectivity index (χ0v) is 13.7. The molecule has 2 N–H and O–H groups in total. The van der Waals surface area contributed by atoms with Crippen molar-refractivity contribution in [2.24, 2.45) is 5.92 Å². The summed E-state index contributed by atoms with van der Waals surface area (Å²) in [6, 6.07) is 10.5. The van der Waals surface area contributed by atoms with Gasteiger partial charge in [-0.3, -0.25) is 0 Å². The third-order valence-electron chi connectivity index (χ3n) is 4.52. The van der Waals surface area contributed by atoms with E-state index in [0.717, 1.165) is 30.9 Å². The van der Waals surface area contributed by atoms with Crippen molar-refractivity contribution in [3.63, 3.8) is 0 Å². The highest BCUT2D eigenvalue weighted by Crippen LogP contribution is 2.21. The molecule has 0 aliphatic heterocycles. The van der Waals surface area contributed by atoms with Gasteiger partial charge in [0, 0.05) is 12.1 Å². The molecule has 0 heterocycles. The number of carbonyl (C=O) groups is 1. The number of hydrogen-bond acceptors (Lipinski definition) is 3. The summed E-state index contributed by atoms with van der Waals surface area (Å²) in [4.78, 5) is 11.7. The molecule has 0 radical (unpaired) electrons. The zero-order chi connectivity index (χ0) is 15.8. The summed E-state index contributed by atoms with van der Waals surface area (Å²) in [5, 5.41) is 6.52. The van der Waals surface area contributed by atoms with Crippen LogP contribution in [0.5, 0.6) is 0 Å². The van der Waals surface area contributed by atoms with Crippen LogP contribution in [-0.2, 0) is 11.3 Å². The number of amides is 1. The molecule has 1 fully saturated rings. The predicted molar refractivity (Wildman–Crippen MR) is 88.6 cm³/mol. The second-order valence-electron chi connectivity index (χ2n) is 6.16. The minimum Gasteiger partial charge on any atom is -0.445 e. The number of benzene rings is 1. The molecule has 1 aliphatic carbocycles. The summed E-state index contributed by atoms with van der Waals surface area (Å²) in [6.07, 6.45) is 4.14. The van der Waals surface area contributed by atoms with Crippen LogP contribution < -0.4 is 10.6 Å². The Morgan fingerprint density at radius 1 is 1.18 bits per heavy atom. The number of carbonyl (C=O) groups excluding carboxylic acids is 1. The van der Waals surface area contributed by atoms with Crippen molar-refractivity contribution in [2.75, 3.05) is 6.54 Å². The van der Waals surface area contributed by atoms with Gasteiger partial charge in [0.05, 0.1) is 0 Å². The lowest BCUT2D eigenvalue weighted by atomic mass is 9.86. The van der Waals surface area contributed by atoms with E-state index in [-0.39, 0.29) is 12.1 Å². The van der Waals surface area contributed by atoms with Gasteiger partial charge in [-0.2, -0.15) is 0 Å². The maximum absolute atomic E-state index is 11.7. The molecule has 0 atom stereocenters. The quantitative estimate of drug-likeness (QED) is 0.773. The lowest BCUT2D eigenvalue weighted by molar-refractivity contribution is 0.125. The molecule has 1 amide bonds. The fraction of sp³-hybridized carbons (Fsp3) is 0.611. The van der Waals surface area contributed by atoms with Gasteiger partial charge in [-0.25, -0.2) is 4.79 Å². The van der Waals surface area contributed by atoms with Gasteiger partial charge in [-0.15, -0.1) is 0 Å². The minimum absolute atomic E-state index is 0.252. The van der Waals surface area contributed by atoms with E-state index in [2.05, 4.69) is 24.5 Å². The molecule has 0 aromatic heterocycles. The molecule has 4 heteroatoms. The fourth-order valence-corrected chi connectivity index (χ4v) is 2.74. The van der Waals surface area contributed by atoms with Crippen LogP contribution in [0.25, 0.3) is 0 Å². The van der Waals surface area contributed by atoms with Gasteiger partial charge in [0.25, 0.3) is 0 Å². The van der Waals surface area contributed by atoms with Crippen molar-refractivity contribution in [3.8, 4) is 0 Å². The number of hydrogen-bond donors (Lipinski definition) is 2. The summed E-state index contributed by atoms with van der Waals surface area (Å²) in [6.45, 7) is 5.89. The Labute approximate surface area is 133 Å². The van der Waals surface area contributed by atoms with E-state index in [4.69, 9.17) is 4.74 Å². The Hall–Kier alpha value is -1.55. The first-order valence-corrected chi connectivity index (χ1v) is 8.41. The van der Waals surface area contributed by atoms with Gasteiger partial charge in [-0.05, 0) is 30.9 Å². The summed E-state index contributed by atoms with van der Waals surface area (Å²) >= 11 is 0. The van der Waals surface area contributed by atoms with Gasteiger partial charge in [0.15, 0.2) is 0 Å². The van der Waals surface area contributed by atoms with Gasteiger partial charge >= 0.3 is 6.09 Å². The number of nitrogens with one attached hydrogen (secondary N) is 2. The SMILES string of the molecule is CCC(CC)CNC1CC(NC(=O)OCc2ccccc2)C1. The van der Waals surface area contributed by atoms with Crippen LogP contribution in [0.1, 0.15) is 45.1 Å². The van der Waals surface area contributed by atoms with Crippen LogP contribution in [0.3, 0.4) is 0 Å². The zero-order valence-electron chi connectivity index (χ0n) is 13.7. The topological polar surface area (TPSA) is 50.4 Å². The third-order valence-corrected chi connectivity index (χ3v) is 4.52. The Kier molecular flexibility index (Phi) is 6.72.